The third-order valence-electron chi connectivity index (χ3n) is 2.16. The third kappa shape index (κ3) is 2.34. The van der Waals surface area contributed by atoms with Crippen LogP contribution in [-0.2, 0) is 0 Å². The summed E-state index contributed by atoms with van der Waals surface area (Å²) in [6.07, 6.45) is -3.89. The topological polar surface area (TPSA) is 83.4 Å². The van der Waals surface area contributed by atoms with Crippen LogP contribution in [0.5, 0.6) is 0 Å². The quantitative estimate of drug-likeness (QED) is 0.668. The van der Waals surface area contributed by atoms with Crippen molar-refractivity contribution in [3.05, 3.63) is 34.2 Å². The van der Waals surface area contributed by atoms with Crippen molar-refractivity contribution >= 4 is 0 Å². The maximum absolute atomic E-state index is 12.6. The Hall–Kier alpha value is -2.72. The lowest BCUT2D eigenvalue weighted by atomic mass is 9.99. The van der Waals surface area contributed by atoms with E-state index in [1.165, 1.54) is 19.1 Å². The summed E-state index contributed by atoms with van der Waals surface area (Å²) in [6.45, 7) is 1.30. The van der Waals surface area contributed by atoms with E-state index in [1.807, 2.05) is 5.32 Å². The van der Waals surface area contributed by atoms with Gasteiger partial charge in [0, 0.05) is 0 Å². The number of rotatable bonds is 0. The molecule has 0 saturated heterocycles. The van der Waals surface area contributed by atoms with E-state index in [0.29, 0.717) is 0 Å². The second-order valence-corrected chi connectivity index (χ2v) is 3.32. The number of dihydropyridines is 1. The van der Waals surface area contributed by atoms with Gasteiger partial charge in [-0.15, -0.1) is 0 Å². The molecule has 0 radical (unpaired) electrons. The zero-order chi connectivity index (χ0) is 13.9. The first kappa shape index (κ1) is 13.3. The maximum Gasteiger partial charge on any atom is 0.431 e. The summed E-state index contributed by atoms with van der Waals surface area (Å²) in [5, 5.41) is 28.1. The average Bonchev–Trinajstić information content (AvgIpc) is 2.29. The van der Waals surface area contributed by atoms with Gasteiger partial charge in [-0.2, -0.15) is 29.0 Å². The molecule has 7 heteroatoms. The summed E-state index contributed by atoms with van der Waals surface area (Å²) in [5.74, 6) is 0. The molecular formula is C11H5F3N4. The number of halogens is 3. The van der Waals surface area contributed by atoms with Crippen LogP contribution in [0, 0.1) is 34.0 Å². The summed E-state index contributed by atoms with van der Waals surface area (Å²) in [7, 11) is 0. The maximum atomic E-state index is 12.6. The molecule has 1 heterocycles. The molecule has 90 valence electrons. The van der Waals surface area contributed by atoms with Gasteiger partial charge in [0.05, 0.1) is 11.3 Å². The highest BCUT2D eigenvalue weighted by molar-refractivity contribution is 5.59. The van der Waals surface area contributed by atoms with Crippen LogP contribution in [0.3, 0.4) is 0 Å². The molecule has 1 N–H and O–H groups in total. The van der Waals surface area contributed by atoms with Gasteiger partial charge < -0.3 is 5.32 Å². The van der Waals surface area contributed by atoms with Gasteiger partial charge in [-0.3, -0.25) is 0 Å². The third-order valence-corrected chi connectivity index (χ3v) is 2.16. The molecule has 4 nitrogen and oxygen atoms in total. The molecule has 0 aromatic heterocycles. The van der Waals surface area contributed by atoms with Crippen LogP contribution in [0.25, 0.3) is 0 Å². The SMILES string of the molecule is CC1=C(C#N)C(=C(C#N)C#N)NC(C(F)(F)F)=C1. The molecule has 0 spiro atoms. The smallest absolute Gasteiger partial charge is 0.349 e. The Morgan fingerprint density at radius 3 is 2.17 bits per heavy atom. The number of nitriles is 3. The van der Waals surface area contributed by atoms with E-state index >= 15 is 0 Å². The van der Waals surface area contributed by atoms with Crippen LogP contribution >= 0.6 is 0 Å². The van der Waals surface area contributed by atoms with E-state index in [2.05, 4.69) is 0 Å². The van der Waals surface area contributed by atoms with Crippen molar-refractivity contribution in [1.29, 1.82) is 15.8 Å². The molecule has 0 aliphatic carbocycles. The highest BCUT2D eigenvalue weighted by Gasteiger charge is 2.37. The van der Waals surface area contributed by atoms with Crippen LogP contribution in [0.2, 0.25) is 0 Å². The molecular weight excluding hydrogens is 245 g/mol. The minimum absolute atomic E-state index is 0.0431. The second kappa shape index (κ2) is 4.65. The normalized spacial score (nSPS) is 14.9. The van der Waals surface area contributed by atoms with E-state index in [9.17, 15) is 13.2 Å². The standard InChI is InChI=1S/C11H5F3N4/c1-6-2-9(11(12,13)14)18-10(8(6)5-17)7(3-15)4-16/h2,18H,1H3. The molecule has 1 rings (SSSR count). The molecule has 0 bridgehead atoms. The largest absolute Gasteiger partial charge is 0.431 e. The zero-order valence-electron chi connectivity index (χ0n) is 9.05. The Morgan fingerprint density at radius 1 is 1.22 bits per heavy atom. The molecule has 0 saturated carbocycles. The Kier molecular flexibility index (Phi) is 3.45. The number of hydrogen-bond donors (Lipinski definition) is 1. The fourth-order valence-corrected chi connectivity index (χ4v) is 1.34. The summed E-state index contributed by atoms with van der Waals surface area (Å²) in [5.41, 5.74) is -2.20. The molecule has 18 heavy (non-hydrogen) atoms. The minimum atomic E-state index is -4.65. The van der Waals surface area contributed by atoms with E-state index < -0.39 is 23.1 Å². The van der Waals surface area contributed by atoms with E-state index in [0.717, 1.165) is 6.08 Å². The van der Waals surface area contributed by atoms with Crippen molar-refractivity contribution in [2.75, 3.05) is 0 Å². The van der Waals surface area contributed by atoms with Gasteiger partial charge in [-0.25, -0.2) is 0 Å². The lowest BCUT2D eigenvalue weighted by Gasteiger charge is -2.21. The molecule has 0 aromatic rings. The Balaban J connectivity index is 3.52. The van der Waals surface area contributed by atoms with Crippen molar-refractivity contribution in [1.82, 2.24) is 5.32 Å². The second-order valence-electron chi connectivity index (χ2n) is 3.32. The predicted molar refractivity (Wildman–Crippen MR) is 53.8 cm³/mol. The first-order valence-corrected chi connectivity index (χ1v) is 4.57. The van der Waals surface area contributed by atoms with E-state index in [1.54, 1.807) is 6.07 Å². The average molecular weight is 250 g/mol. The number of allylic oxidation sites excluding steroid dienone is 5. The summed E-state index contributed by atoms with van der Waals surface area (Å²) in [6, 6.07) is 4.58. The van der Waals surface area contributed by atoms with Gasteiger partial charge in [0.1, 0.15) is 23.9 Å². The lowest BCUT2D eigenvalue weighted by Crippen LogP contribution is -2.30. The first-order chi connectivity index (χ1) is 8.35. The fraction of sp³-hybridized carbons (Fsp3) is 0.182. The highest BCUT2D eigenvalue weighted by atomic mass is 19.4. The van der Waals surface area contributed by atoms with E-state index in [4.69, 9.17) is 15.8 Å². The van der Waals surface area contributed by atoms with Gasteiger partial charge >= 0.3 is 6.18 Å². The van der Waals surface area contributed by atoms with Crippen molar-refractivity contribution in [3.63, 3.8) is 0 Å². The number of alkyl halides is 3. The fourth-order valence-electron chi connectivity index (χ4n) is 1.34. The number of nitrogens with zero attached hydrogens (tertiary/aromatic N) is 3. The number of hydrogen-bond acceptors (Lipinski definition) is 4. The highest BCUT2D eigenvalue weighted by Crippen LogP contribution is 2.31. The Bertz CT molecular complexity index is 584. The molecule has 0 unspecified atom stereocenters. The van der Waals surface area contributed by atoms with Crippen molar-refractivity contribution < 1.29 is 13.2 Å². The van der Waals surface area contributed by atoms with Gasteiger partial charge in [-0.1, -0.05) is 0 Å². The van der Waals surface area contributed by atoms with Crippen LogP contribution in [0.4, 0.5) is 13.2 Å². The molecule has 1 aliphatic rings. The van der Waals surface area contributed by atoms with Crippen molar-refractivity contribution in [2.24, 2.45) is 0 Å². The molecule has 0 fully saturated rings. The zero-order valence-corrected chi connectivity index (χ0v) is 9.05. The van der Waals surface area contributed by atoms with Gasteiger partial charge in [0.15, 0.2) is 5.57 Å². The lowest BCUT2D eigenvalue weighted by molar-refractivity contribution is -0.0959. The number of nitrogens with one attached hydrogen (secondary N) is 1. The molecule has 1 aliphatic heterocycles. The van der Waals surface area contributed by atoms with Crippen LogP contribution in [0.1, 0.15) is 6.92 Å². The summed E-state index contributed by atoms with van der Waals surface area (Å²) >= 11 is 0. The van der Waals surface area contributed by atoms with Crippen molar-refractivity contribution in [3.8, 4) is 18.2 Å². The Morgan fingerprint density at radius 2 is 1.78 bits per heavy atom. The Labute approximate surface area is 101 Å². The van der Waals surface area contributed by atoms with Crippen LogP contribution in [0.15, 0.2) is 34.2 Å². The van der Waals surface area contributed by atoms with Gasteiger partial charge in [0.25, 0.3) is 0 Å². The van der Waals surface area contributed by atoms with Gasteiger partial charge in [-0.05, 0) is 18.6 Å². The van der Waals surface area contributed by atoms with Crippen LogP contribution < -0.4 is 5.32 Å². The first-order valence-electron chi connectivity index (χ1n) is 4.57. The summed E-state index contributed by atoms with van der Waals surface area (Å²) in [4.78, 5) is 0. The minimum Gasteiger partial charge on any atom is -0.349 e. The summed E-state index contributed by atoms with van der Waals surface area (Å²) < 4.78 is 37.7. The van der Waals surface area contributed by atoms with Gasteiger partial charge in [0.2, 0.25) is 0 Å². The molecule has 0 atom stereocenters. The molecule has 0 aromatic carbocycles. The predicted octanol–water partition coefficient (Wildman–Crippen LogP) is 2.18. The monoisotopic (exact) mass is 250 g/mol. The van der Waals surface area contributed by atoms with Crippen LogP contribution in [-0.4, -0.2) is 6.18 Å². The molecule has 0 amide bonds. The van der Waals surface area contributed by atoms with Crippen molar-refractivity contribution in [2.45, 2.75) is 13.1 Å². The van der Waals surface area contributed by atoms with E-state index in [-0.39, 0.29) is 11.1 Å².